The first-order valence-electron chi connectivity index (χ1n) is 6.18. The van der Waals surface area contributed by atoms with Gasteiger partial charge in [0.15, 0.2) is 0 Å². The second-order valence-electron chi connectivity index (χ2n) is 4.98. The van der Waals surface area contributed by atoms with Gasteiger partial charge in [0.25, 0.3) is 0 Å². The van der Waals surface area contributed by atoms with Gasteiger partial charge in [-0.25, -0.2) is 9.59 Å². The Morgan fingerprint density at radius 1 is 1.30 bits per heavy atom. The van der Waals surface area contributed by atoms with Crippen LogP contribution in [0.15, 0.2) is 30.3 Å². The third-order valence-electron chi connectivity index (χ3n) is 2.66. The second kappa shape index (κ2) is 6.91. The molecular formula is C14H20N2O4. The van der Waals surface area contributed by atoms with Crippen LogP contribution in [0.4, 0.5) is 4.79 Å². The first-order chi connectivity index (χ1) is 9.34. The van der Waals surface area contributed by atoms with Gasteiger partial charge in [0.05, 0.1) is 7.11 Å². The summed E-state index contributed by atoms with van der Waals surface area (Å²) in [5.74, 6) is -0.617. The summed E-state index contributed by atoms with van der Waals surface area (Å²) in [4.78, 5) is 23.3. The molecule has 6 heteroatoms. The topological polar surface area (TPSA) is 90.6 Å². The Kier molecular flexibility index (Phi) is 5.52. The number of benzene rings is 1. The number of amides is 1. The van der Waals surface area contributed by atoms with Crippen molar-refractivity contribution >= 4 is 12.1 Å². The Labute approximate surface area is 118 Å². The molecule has 1 atom stereocenters. The summed E-state index contributed by atoms with van der Waals surface area (Å²) < 4.78 is 9.65. The summed E-state index contributed by atoms with van der Waals surface area (Å²) >= 11 is 0. The molecule has 20 heavy (non-hydrogen) atoms. The summed E-state index contributed by atoms with van der Waals surface area (Å²) in [6, 6.07) is 8.24. The lowest BCUT2D eigenvalue weighted by Crippen LogP contribution is -2.59. The van der Waals surface area contributed by atoms with E-state index in [0.717, 1.165) is 5.56 Å². The monoisotopic (exact) mass is 280 g/mol. The summed E-state index contributed by atoms with van der Waals surface area (Å²) in [6.45, 7) is 3.35. The van der Waals surface area contributed by atoms with Crippen LogP contribution in [0.2, 0.25) is 0 Å². The van der Waals surface area contributed by atoms with Crippen LogP contribution in [0.25, 0.3) is 0 Å². The fraction of sp³-hybridized carbons (Fsp3) is 0.429. The van der Waals surface area contributed by atoms with Crippen molar-refractivity contribution in [2.45, 2.75) is 32.0 Å². The van der Waals surface area contributed by atoms with Crippen LogP contribution in [0, 0.1) is 0 Å². The Morgan fingerprint density at radius 2 is 1.90 bits per heavy atom. The molecule has 3 N–H and O–H groups in total. The molecule has 6 nitrogen and oxygen atoms in total. The number of hydrogen-bond donors (Lipinski definition) is 2. The highest BCUT2D eigenvalue weighted by Crippen LogP contribution is 2.08. The van der Waals surface area contributed by atoms with Gasteiger partial charge in [-0.05, 0) is 19.4 Å². The van der Waals surface area contributed by atoms with Gasteiger partial charge in [-0.2, -0.15) is 0 Å². The zero-order valence-electron chi connectivity index (χ0n) is 11.9. The largest absolute Gasteiger partial charge is 0.467 e. The van der Waals surface area contributed by atoms with E-state index in [4.69, 9.17) is 10.5 Å². The van der Waals surface area contributed by atoms with E-state index >= 15 is 0 Å². The van der Waals surface area contributed by atoms with Crippen molar-refractivity contribution in [3.05, 3.63) is 35.9 Å². The average Bonchev–Trinajstić information content (AvgIpc) is 2.41. The van der Waals surface area contributed by atoms with Crippen LogP contribution in [0.5, 0.6) is 0 Å². The predicted molar refractivity (Wildman–Crippen MR) is 73.8 cm³/mol. The number of ether oxygens (including phenoxy) is 2. The Balaban J connectivity index is 2.57. The van der Waals surface area contributed by atoms with Gasteiger partial charge in [-0.15, -0.1) is 0 Å². The standard InChI is InChI=1S/C14H20N2O4/c1-14(2,15)11(12(17)19-3)16-13(18)20-9-10-7-5-4-6-8-10/h4-8,11H,9,15H2,1-3H3,(H,16,18). The van der Waals surface area contributed by atoms with E-state index in [1.807, 2.05) is 30.3 Å². The van der Waals surface area contributed by atoms with E-state index in [1.165, 1.54) is 7.11 Å². The lowest BCUT2D eigenvalue weighted by Gasteiger charge is -2.28. The minimum absolute atomic E-state index is 0.117. The molecular weight excluding hydrogens is 260 g/mol. The molecule has 0 heterocycles. The van der Waals surface area contributed by atoms with Crippen LogP contribution in [0.3, 0.4) is 0 Å². The highest BCUT2D eigenvalue weighted by atomic mass is 16.6. The van der Waals surface area contributed by atoms with Gasteiger partial charge in [0.2, 0.25) is 0 Å². The number of carbonyl (C=O) groups excluding carboxylic acids is 2. The number of alkyl carbamates (subject to hydrolysis) is 1. The summed E-state index contributed by atoms with van der Waals surface area (Å²) in [5, 5.41) is 2.42. The number of methoxy groups -OCH3 is 1. The molecule has 0 radical (unpaired) electrons. The molecule has 1 unspecified atom stereocenters. The van der Waals surface area contributed by atoms with Crippen LogP contribution >= 0.6 is 0 Å². The number of nitrogens with one attached hydrogen (secondary N) is 1. The molecule has 0 aliphatic heterocycles. The molecule has 0 aromatic heterocycles. The normalized spacial score (nSPS) is 12.4. The molecule has 1 amide bonds. The maximum atomic E-state index is 11.7. The molecule has 0 bridgehead atoms. The maximum absolute atomic E-state index is 11.7. The lowest BCUT2D eigenvalue weighted by molar-refractivity contribution is -0.144. The third kappa shape index (κ3) is 4.89. The number of nitrogens with two attached hydrogens (primary N) is 1. The van der Waals surface area contributed by atoms with E-state index in [9.17, 15) is 9.59 Å². The van der Waals surface area contributed by atoms with E-state index in [2.05, 4.69) is 10.1 Å². The van der Waals surface area contributed by atoms with Gasteiger partial charge in [0.1, 0.15) is 12.6 Å². The first-order valence-corrected chi connectivity index (χ1v) is 6.18. The van der Waals surface area contributed by atoms with Crippen LogP contribution in [0.1, 0.15) is 19.4 Å². The van der Waals surface area contributed by atoms with Crippen molar-refractivity contribution in [2.75, 3.05) is 7.11 Å². The fourth-order valence-corrected chi connectivity index (χ4v) is 1.55. The van der Waals surface area contributed by atoms with Crippen molar-refractivity contribution in [2.24, 2.45) is 5.73 Å². The first kappa shape index (κ1) is 16.0. The summed E-state index contributed by atoms with van der Waals surface area (Å²) in [5.41, 5.74) is 5.73. The Bertz CT molecular complexity index is 454. The van der Waals surface area contributed by atoms with Gasteiger partial charge in [-0.1, -0.05) is 30.3 Å². The molecule has 0 saturated carbocycles. The smallest absolute Gasteiger partial charge is 0.408 e. The molecule has 0 saturated heterocycles. The highest BCUT2D eigenvalue weighted by molar-refractivity contribution is 5.82. The van der Waals surface area contributed by atoms with E-state index in [-0.39, 0.29) is 6.61 Å². The van der Waals surface area contributed by atoms with Crippen molar-refractivity contribution in [1.82, 2.24) is 5.32 Å². The van der Waals surface area contributed by atoms with Gasteiger partial charge >= 0.3 is 12.1 Å². The van der Waals surface area contributed by atoms with E-state index in [0.29, 0.717) is 0 Å². The van der Waals surface area contributed by atoms with Gasteiger partial charge in [-0.3, -0.25) is 0 Å². The number of hydrogen-bond acceptors (Lipinski definition) is 5. The van der Waals surface area contributed by atoms with Crippen molar-refractivity contribution in [1.29, 1.82) is 0 Å². The SMILES string of the molecule is COC(=O)C(NC(=O)OCc1ccccc1)C(C)(C)N. The van der Waals surface area contributed by atoms with E-state index in [1.54, 1.807) is 13.8 Å². The molecule has 0 fully saturated rings. The van der Waals surface area contributed by atoms with E-state index < -0.39 is 23.6 Å². The minimum Gasteiger partial charge on any atom is -0.467 e. The maximum Gasteiger partial charge on any atom is 0.408 e. The Hall–Kier alpha value is -2.08. The molecule has 1 aromatic rings. The zero-order chi connectivity index (χ0) is 15.2. The van der Waals surface area contributed by atoms with Crippen LogP contribution in [-0.4, -0.2) is 30.8 Å². The quantitative estimate of drug-likeness (QED) is 0.791. The summed E-state index contributed by atoms with van der Waals surface area (Å²) in [6.07, 6.45) is -0.720. The molecule has 1 aromatic carbocycles. The van der Waals surface area contributed by atoms with Crippen molar-refractivity contribution < 1.29 is 19.1 Å². The second-order valence-corrected chi connectivity index (χ2v) is 4.98. The van der Waals surface area contributed by atoms with Crippen molar-refractivity contribution in [3.8, 4) is 0 Å². The molecule has 0 aliphatic carbocycles. The molecule has 0 spiro atoms. The minimum atomic E-state index is -0.976. The molecule has 110 valence electrons. The number of rotatable bonds is 5. The fourth-order valence-electron chi connectivity index (χ4n) is 1.55. The third-order valence-corrected chi connectivity index (χ3v) is 2.66. The molecule has 1 rings (SSSR count). The van der Waals surface area contributed by atoms with Gasteiger partial charge < -0.3 is 20.5 Å². The molecule has 0 aliphatic rings. The number of esters is 1. The highest BCUT2D eigenvalue weighted by Gasteiger charge is 2.34. The van der Waals surface area contributed by atoms with Crippen LogP contribution in [-0.2, 0) is 20.9 Å². The number of carbonyl (C=O) groups is 2. The van der Waals surface area contributed by atoms with Crippen molar-refractivity contribution in [3.63, 3.8) is 0 Å². The average molecular weight is 280 g/mol. The van der Waals surface area contributed by atoms with Crippen LogP contribution < -0.4 is 11.1 Å². The zero-order valence-corrected chi connectivity index (χ0v) is 11.9. The lowest BCUT2D eigenvalue weighted by atomic mass is 9.96. The predicted octanol–water partition coefficient (Wildman–Crippen LogP) is 1.19. The van der Waals surface area contributed by atoms with Gasteiger partial charge in [0, 0.05) is 5.54 Å². The summed E-state index contributed by atoms with van der Waals surface area (Å²) in [7, 11) is 1.23. The Morgan fingerprint density at radius 3 is 2.40 bits per heavy atom.